The molecule has 1 aliphatic heterocycles. The summed E-state index contributed by atoms with van der Waals surface area (Å²) in [7, 11) is 0. The normalized spacial score (nSPS) is 28.7. The van der Waals surface area contributed by atoms with Gasteiger partial charge in [-0.05, 0) is 56.4 Å². The number of thioether (sulfide) groups is 1. The Kier molecular flexibility index (Phi) is 5.95. The predicted octanol–water partition coefficient (Wildman–Crippen LogP) is 3.03. The molecule has 4 atom stereocenters. The number of ether oxygens (including phenoxy) is 1. The number of hydrogen-bond donors (Lipinski definition) is 1. The lowest BCUT2D eigenvalue weighted by molar-refractivity contribution is -0.129. The molecule has 1 N–H and O–H groups in total. The van der Waals surface area contributed by atoms with Crippen molar-refractivity contribution in [2.24, 2.45) is 11.8 Å². The third-order valence-corrected chi connectivity index (χ3v) is 6.18. The van der Waals surface area contributed by atoms with Crippen LogP contribution in [0.1, 0.15) is 30.4 Å². The van der Waals surface area contributed by atoms with Gasteiger partial charge in [0.2, 0.25) is 5.91 Å². The second-order valence-corrected chi connectivity index (χ2v) is 8.51. The molecule has 1 aromatic carbocycles. The molecule has 1 aliphatic carbocycles. The van der Waals surface area contributed by atoms with Crippen LogP contribution in [0.5, 0.6) is 5.75 Å². The van der Waals surface area contributed by atoms with E-state index in [1.165, 1.54) is 5.56 Å². The van der Waals surface area contributed by atoms with Crippen LogP contribution in [-0.4, -0.2) is 53.2 Å². The third kappa shape index (κ3) is 4.32. The van der Waals surface area contributed by atoms with Crippen LogP contribution in [0, 0.1) is 25.7 Å². The summed E-state index contributed by atoms with van der Waals surface area (Å²) in [6.07, 6.45) is 3.57. The maximum absolute atomic E-state index is 12.3. The molecule has 1 aromatic rings. The highest BCUT2D eigenvalue weighted by atomic mass is 32.2. The molecule has 3 rings (SSSR count). The van der Waals surface area contributed by atoms with Gasteiger partial charge in [0.05, 0.1) is 6.10 Å². The van der Waals surface area contributed by atoms with Gasteiger partial charge in [0.15, 0.2) is 0 Å². The van der Waals surface area contributed by atoms with E-state index in [0.29, 0.717) is 18.3 Å². The molecule has 25 heavy (non-hydrogen) atoms. The Morgan fingerprint density at radius 2 is 2.00 bits per heavy atom. The van der Waals surface area contributed by atoms with Crippen LogP contribution in [0.2, 0.25) is 0 Å². The summed E-state index contributed by atoms with van der Waals surface area (Å²) in [4.78, 5) is 14.3. The quantitative estimate of drug-likeness (QED) is 0.874. The Labute approximate surface area is 154 Å². The number of aliphatic hydroxyl groups excluding tert-OH is 1. The van der Waals surface area contributed by atoms with E-state index in [1.54, 1.807) is 11.8 Å². The lowest BCUT2D eigenvalue weighted by Gasteiger charge is -2.35. The first kappa shape index (κ1) is 18.6. The minimum absolute atomic E-state index is 0.177. The van der Waals surface area contributed by atoms with Crippen LogP contribution in [-0.2, 0) is 4.79 Å². The van der Waals surface area contributed by atoms with E-state index in [2.05, 4.69) is 13.0 Å². The van der Waals surface area contributed by atoms with Gasteiger partial charge in [-0.1, -0.05) is 17.7 Å². The molecule has 138 valence electrons. The van der Waals surface area contributed by atoms with Gasteiger partial charge < -0.3 is 14.7 Å². The largest absolute Gasteiger partial charge is 0.487 e. The SMILES string of the molecule is CSCCC(=O)N1C[C@H]2C[C@@H](Oc3ccc(C)cc3C)[C@H](O)C[C@H]2C1. The maximum Gasteiger partial charge on any atom is 0.223 e. The monoisotopic (exact) mass is 363 g/mol. The Balaban J connectivity index is 1.61. The molecule has 0 spiro atoms. The molecule has 0 bridgehead atoms. The van der Waals surface area contributed by atoms with E-state index in [9.17, 15) is 9.90 Å². The van der Waals surface area contributed by atoms with E-state index in [4.69, 9.17) is 4.74 Å². The van der Waals surface area contributed by atoms with Crippen molar-refractivity contribution in [2.75, 3.05) is 25.1 Å². The first-order valence-corrected chi connectivity index (χ1v) is 10.6. The lowest BCUT2D eigenvalue weighted by Crippen LogP contribution is -2.42. The Hall–Kier alpha value is -1.20. The molecule has 2 fully saturated rings. The smallest absolute Gasteiger partial charge is 0.223 e. The van der Waals surface area contributed by atoms with E-state index in [1.807, 2.05) is 30.2 Å². The van der Waals surface area contributed by atoms with E-state index in [-0.39, 0.29) is 12.0 Å². The molecular weight excluding hydrogens is 334 g/mol. The minimum atomic E-state index is -0.455. The first-order valence-electron chi connectivity index (χ1n) is 9.16. The van der Waals surface area contributed by atoms with Crippen LogP contribution in [0.3, 0.4) is 0 Å². The number of nitrogens with zero attached hydrogens (tertiary/aromatic N) is 1. The zero-order valence-electron chi connectivity index (χ0n) is 15.4. The van der Waals surface area contributed by atoms with Crippen LogP contribution in [0.4, 0.5) is 0 Å². The molecule has 1 heterocycles. The van der Waals surface area contributed by atoms with Crippen molar-refractivity contribution >= 4 is 17.7 Å². The summed E-state index contributed by atoms with van der Waals surface area (Å²) in [5, 5.41) is 10.6. The summed E-state index contributed by atoms with van der Waals surface area (Å²) >= 11 is 1.71. The highest BCUT2D eigenvalue weighted by Gasteiger charge is 2.43. The topological polar surface area (TPSA) is 49.8 Å². The highest BCUT2D eigenvalue weighted by molar-refractivity contribution is 7.98. The van der Waals surface area contributed by atoms with Crippen molar-refractivity contribution in [1.29, 1.82) is 0 Å². The fraction of sp³-hybridized carbons (Fsp3) is 0.650. The summed E-state index contributed by atoms with van der Waals surface area (Å²) in [6, 6.07) is 6.15. The fourth-order valence-corrected chi connectivity index (χ4v) is 4.54. The van der Waals surface area contributed by atoms with Crippen molar-refractivity contribution in [1.82, 2.24) is 4.90 Å². The van der Waals surface area contributed by atoms with Gasteiger partial charge in [-0.3, -0.25) is 4.79 Å². The summed E-state index contributed by atoms with van der Waals surface area (Å²) < 4.78 is 6.17. The molecule has 2 aliphatic rings. The van der Waals surface area contributed by atoms with Crippen molar-refractivity contribution < 1.29 is 14.6 Å². The molecule has 5 heteroatoms. The number of likely N-dealkylation sites (tertiary alicyclic amines) is 1. The lowest BCUT2D eigenvalue weighted by atomic mass is 9.78. The summed E-state index contributed by atoms with van der Waals surface area (Å²) in [5.74, 6) is 2.85. The Morgan fingerprint density at radius 1 is 1.28 bits per heavy atom. The molecule has 1 amide bonds. The first-order chi connectivity index (χ1) is 12.0. The molecule has 0 unspecified atom stereocenters. The van der Waals surface area contributed by atoms with Crippen molar-refractivity contribution in [3.8, 4) is 5.75 Å². The van der Waals surface area contributed by atoms with Crippen molar-refractivity contribution in [2.45, 2.75) is 45.3 Å². The number of benzene rings is 1. The van der Waals surface area contributed by atoms with Crippen LogP contribution >= 0.6 is 11.8 Å². The number of rotatable bonds is 5. The van der Waals surface area contributed by atoms with Gasteiger partial charge in [-0.15, -0.1) is 0 Å². The average molecular weight is 364 g/mol. The van der Waals surface area contributed by atoms with E-state index < -0.39 is 6.10 Å². The van der Waals surface area contributed by atoms with Crippen LogP contribution in [0.25, 0.3) is 0 Å². The van der Waals surface area contributed by atoms with Gasteiger partial charge in [0.1, 0.15) is 11.9 Å². The molecule has 0 aromatic heterocycles. The van der Waals surface area contributed by atoms with Gasteiger partial charge >= 0.3 is 0 Å². The van der Waals surface area contributed by atoms with Crippen LogP contribution in [0.15, 0.2) is 18.2 Å². The summed E-state index contributed by atoms with van der Waals surface area (Å²) in [6.45, 7) is 5.72. The molecular formula is C20H29NO3S. The standard InChI is InChI=1S/C20H29NO3S/c1-13-4-5-18(14(2)8-13)24-19-10-16-12-21(20(23)6-7-25-3)11-15(16)9-17(19)22/h4-5,8,15-17,19,22H,6-7,9-12H2,1-3H3/t15-,16+,17+,19+/m0/s1. The molecule has 1 saturated heterocycles. The van der Waals surface area contributed by atoms with E-state index >= 15 is 0 Å². The minimum Gasteiger partial charge on any atom is -0.487 e. The Morgan fingerprint density at radius 3 is 2.68 bits per heavy atom. The molecule has 0 radical (unpaired) electrons. The van der Waals surface area contributed by atoms with Gasteiger partial charge in [0.25, 0.3) is 0 Å². The van der Waals surface area contributed by atoms with Gasteiger partial charge in [-0.2, -0.15) is 11.8 Å². The average Bonchev–Trinajstić information content (AvgIpc) is 2.98. The van der Waals surface area contributed by atoms with Crippen molar-refractivity contribution in [3.63, 3.8) is 0 Å². The zero-order chi connectivity index (χ0) is 18.0. The molecule has 1 saturated carbocycles. The predicted molar refractivity (Wildman–Crippen MR) is 102 cm³/mol. The second-order valence-electron chi connectivity index (χ2n) is 7.53. The van der Waals surface area contributed by atoms with Gasteiger partial charge in [-0.25, -0.2) is 0 Å². The molecule has 4 nitrogen and oxygen atoms in total. The third-order valence-electron chi connectivity index (χ3n) is 5.57. The zero-order valence-corrected chi connectivity index (χ0v) is 16.2. The van der Waals surface area contributed by atoms with Crippen LogP contribution < -0.4 is 4.74 Å². The number of fused-ring (bicyclic) bond motifs is 1. The summed E-state index contributed by atoms with van der Waals surface area (Å²) in [5.41, 5.74) is 2.32. The highest BCUT2D eigenvalue weighted by Crippen LogP contribution is 2.38. The Bertz CT molecular complexity index is 621. The van der Waals surface area contributed by atoms with Gasteiger partial charge in [0, 0.05) is 25.3 Å². The van der Waals surface area contributed by atoms with E-state index in [0.717, 1.165) is 43.0 Å². The van der Waals surface area contributed by atoms with Crippen molar-refractivity contribution in [3.05, 3.63) is 29.3 Å². The number of aryl methyl sites for hydroxylation is 2. The number of hydrogen-bond acceptors (Lipinski definition) is 4. The number of amides is 1. The number of carbonyl (C=O) groups excluding carboxylic acids is 1. The number of carbonyl (C=O) groups is 1. The number of aliphatic hydroxyl groups is 1. The maximum atomic E-state index is 12.3. The second kappa shape index (κ2) is 8.00. The fourth-order valence-electron chi connectivity index (χ4n) is 4.16.